The molecule has 2 rings (SSSR count). The summed E-state index contributed by atoms with van der Waals surface area (Å²) in [6.07, 6.45) is 1.79. The number of allylic oxidation sites excluding steroid dienone is 2. The first-order chi connectivity index (χ1) is 13.4. The van der Waals surface area contributed by atoms with Crippen LogP contribution in [0.4, 0.5) is 0 Å². The molecule has 0 spiro atoms. The van der Waals surface area contributed by atoms with Crippen LogP contribution in [0.2, 0.25) is 0 Å². The van der Waals surface area contributed by atoms with Crippen LogP contribution in [0.1, 0.15) is 48.5 Å². The normalized spacial score (nSPS) is 10.9. The molecular formula is C24H32NO4Pt+. The number of aliphatic hydroxyl groups is 1. The van der Waals surface area contributed by atoms with Crippen LogP contribution in [0.25, 0.3) is 11.3 Å². The number of carboxylic acids is 1. The van der Waals surface area contributed by atoms with Crippen LogP contribution in [-0.2, 0) is 25.9 Å². The Labute approximate surface area is 194 Å². The molecule has 1 aromatic heterocycles. The molecule has 0 radical (unpaired) electrons. The summed E-state index contributed by atoms with van der Waals surface area (Å²) < 4.78 is 0. The van der Waals surface area contributed by atoms with Crippen LogP contribution >= 0.6 is 0 Å². The van der Waals surface area contributed by atoms with Gasteiger partial charge >= 0.3 is 26.8 Å². The number of carbonyl (C=O) groups excluding carboxylic acids is 1. The van der Waals surface area contributed by atoms with Gasteiger partial charge < -0.3 is 21.1 Å². The zero-order valence-electron chi connectivity index (χ0n) is 18.6. The Morgan fingerprint density at radius 1 is 1.07 bits per heavy atom. The van der Waals surface area contributed by atoms with Crippen molar-refractivity contribution in [2.75, 3.05) is 0 Å². The molecule has 1 aromatic carbocycles. The molecule has 0 unspecified atom stereocenters. The molecule has 0 amide bonds. The molecule has 0 atom stereocenters. The van der Waals surface area contributed by atoms with Gasteiger partial charge in [-0.3, -0.25) is 9.59 Å². The van der Waals surface area contributed by atoms with Crippen molar-refractivity contribution in [3.63, 3.8) is 0 Å². The number of aliphatic carboxylic acids is 1. The Hall–Kier alpha value is -2.26. The van der Waals surface area contributed by atoms with E-state index in [0.29, 0.717) is 5.57 Å². The van der Waals surface area contributed by atoms with Crippen LogP contribution in [-0.4, -0.2) is 31.7 Å². The van der Waals surface area contributed by atoms with E-state index in [1.807, 2.05) is 56.3 Å². The van der Waals surface area contributed by atoms with E-state index in [1.54, 1.807) is 27.0 Å². The Morgan fingerprint density at radius 3 is 1.90 bits per heavy atom. The van der Waals surface area contributed by atoms with E-state index >= 15 is 0 Å². The van der Waals surface area contributed by atoms with E-state index in [0.717, 1.165) is 17.2 Å². The van der Waals surface area contributed by atoms with Gasteiger partial charge in [0.25, 0.3) is 5.97 Å². The predicted octanol–water partition coefficient (Wildman–Crippen LogP) is 5.66. The Bertz CT molecular complexity index is 759. The Morgan fingerprint density at radius 2 is 1.63 bits per heavy atom. The maximum absolute atomic E-state index is 10.4. The van der Waals surface area contributed by atoms with Crippen LogP contribution in [0, 0.1) is 17.4 Å². The number of nitrogens with zero attached hydrogens (tertiary/aromatic N) is 1. The third-order valence-electron chi connectivity index (χ3n) is 4.52. The number of carbonyl (C=O) groups is 1. The van der Waals surface area contributed by atoms with Crippen molar-refractivity contribution in [3.05, 3.63) is 72.0 Å². The molecule has 166 valence electrons. The van der Waals surface area contributed by atoms with Crippen molar-refractivity contribution in [1.29, 1.82) is 0 Å². The first kappa shape index (κ1) is 29.9. The molecular weight excluding hydrogens is 561 g/mol. The minimum Gasteiger partial charge on any atom is -0.512 e. The number of ketones is 1. The molecule has 0 aliphatic heterocycles. The van der Waals surface area contributed by atoms with Crippen molar-refractivity contribution in [3.8, 4) is 11.3 Å². The van der Waals surface area contributed by atoms with E-state index in [4.69, 9.17) is 15.0 Å². The first-order valence-corrected chi connectivity index (χ1v) is 9.22. The van der Waals surface area contributed by atoms with Crippen molar-refractivity contribution < 1.29 is 40.9 Å². The van der Waals surface area contributed by atoms with E-state index in [1.165, 1.54) is 13.8 Å². The van der Waals surface area contributed by atoms with Crippen LogP contribution in [0.5, 0.6) is 0 Å². The molecule has 3 N–H and O–H groups in total. The second-order valence-electron chi connectivity index (χ2n) is 7.22. The van der Waals surface area contributed by atoms with Crippen LogP contribution < -0.4 is 0 Å². The minimum atomic E-state index is -0.762. The van der Waals surface area contributed by atoms with Crippen molar-refractivity contribution in [2.45, 2.75) is 48.5 Å². The van der Waals surface area contributed by atoms with Gasteiger partial charge in [-0.2, -0.15) is 13.8 Å². The molecule has 5 nitrogen and oxygen atoms in total. The number of carboxylic acid groups (broad SMARTS) is 1. The van der Waals surface area contributed by atoms with Gasteiger partial charge in [0.2, 0.25) is 0 Å². The van der Waals surface area contributed by atoms with Gasteiger partial charge in [-0.1, -0.05) is 31.4 Å². The summed E-state index contributed by atoms with van der Waals surface area (Å²) in [7, 11) is 0. The van der Waals surface area contributed by atoms with E-state index in [9.17, 15) is 4.79 Å². The zero-order chi connectivity index (χ0) is 22.6. The van der Waals surface area contributed by atoms with Gasteiger partial charge in [0.05, 0.1) is 12.5 Å². The van der Waals surface area contributed by atoms with E-state index in [2.05, 4.69) is 11.1 Å². The van der Waals surface area contributed by atoms with E-state index < -0.39 is 11.4 Å². The minimum absolute atomic E-state index is 0. The maximum Gasteiger partial charge on any atom is 2.00 e. The molecule has 2 aromatic rings. The van der Waals surface area contributed by atoms with Crippen molar-refractivity contribution in [1.82, 2.24) is 4.98 Å². The summed E-state index contributed by atoms with van der Waals surface area (Å²) in [5.41, 5.74) is 1.89. The SMILES string of the molecule is CC(=[OH+])/C(C)=C(/C)O.C[C-](C)C(C)(C)C(=O)O.[Pt+2].[c-]1ccccc1-c1ccccn1. The molecule has 0 aliphatic carbocycles. The molecule has 6 heteroatoms. The molecule has 0 saturated carbocycles. The zero-order valence-corrected chi connectivity index (χ0v) is 20.9. The van der Waals surface area contributed by atoms with Crippen LogP contribution in [0.15, 0.2) is 60.0 Å². The summed E-state index contributed by atoms with van der Waals surface area (Å²) in [5, 5.41) is 17.3. The first-order valence-electron chi connectivity index (χ1n) is 9.22. The van der Waals surface area contributed by atoms with Gasteiger partial charge in [-0.05, 0) is 25.6 Å². The molecule has 0 saturated heterocycles. The van der Waals surface area contributed by atoms with Gasteiger partial charge in [0, 0.05) is 6.20 Å². The fraction of sp³-hybridized carbons (Fsp3) is 0.333. The third-order valence-corrected chi connectivity index (χ3v) is 4.52. The van der Waals surface area contributed by atoms with Crippen molar-refractivity contribution in [2.24, 2.45) is 5.41 Å². The number of hydrogen-bond acceptors (Lipinski definition) is 3. The number of aromatic nitrogens is 1. The fourth-order valence-corrected chi connectivity index (χ4v) is 1.55. The summed E-state index contributed by atoms with van der Waals surface area (Å²) in [6.45, 7) is 11.8. The monoisotopic (exact) mass is 593 g/mol. The van der Waals surface area contributed by atoms with Gasteiger partial charge in [-0.15, -0.1) is 35.9 Å². The Kier molecular flexibility index (Phi) is 14.6. The molecule has 0 aliphatic rings. The predicted molar refractivity (Wildman–Crippen MR) is 118 cm³/mol. The van der Waals surface area contributed by atoms with Gasteiger partial charge in [0.15, 0.2) is 0 Å². The standard InChI is InChI=1S/C11H8N.C7H13O2.C6H10O2.Pt/c1-2-6-10(7-3-1)11-8-4-5-9-12-11;1-5(2)7(3,4)6(8)9;1-4(5(2)7)6(3)8;/h1-6,8-9H;1-4H3,(H,8,9);7H,1-3H3;/q2*-1;;+2/p+1/b;;5-4-;. The summed E-state index contributed by atoms with van der Waals surface area (Å²) in [5.74, 6) is 0.507. The topological polar surface area (TPSA) is 91.8 Å². The van der Waals surface area contributed by atoms with Gasteiger partial charge in [0.1, 0.15) is 5.76 Å². The largest absolute Gasteiger partial charge is 2.00 e. The van der Waals surface area contributed by atoms with E-state index in [-0.39, 0.29) is 32.6 Å². The fourth-order valence-electron chi connectivity index (χ4n) is 1.55. The number of rotatable bonds is 4. The summed E-state index contributed by atoms with van der Waals surface area (Å²) >= 11 is 0. The van der Waals surface area contributed by atoms with Crippen LogP contribution in [0.3, 0.4) is 0 Å². The second kappa shape index (κ2) is 14.7. The van der Waals surface area contributed by atoms with Gasteiger partial charge in [-0.25, -0.2) is 0 Å². The average Bonchev–Trinajstić information content (AvgIpc) is 2.69. The average molecular weight is 594 g/mol. The number of pyridine rings is 1. The molecule has 30 heavy (non-hydrogen) atoms. The third kappa shape index (κ3) is 11.1. The second-order valence-corrected chi connectivity index (χ2v) is 7.22. The van der Waals surface area contributed by atoms with Crippen molar-refractivity contribution >= 4 is 11.8 Å². The summed E-state index contributed by atoms with van der Waals surface area (Å²) in [4.78, 5) is 23.3. The number of benzene rings is 1. The molecule has 1 heterocycles. The smallest absolute Gasteiger partial charge is 0.512 e. The number of aliphatic hydroxyl groups excluding tert-OH is 1. The maximum atomic E-state index is 10.4. The Balaban J connectivity index is 0. The molecule has 0 bridgehead atoms. The summed E-state index contributed by atoms with van der Waals surface area (Å²) in [6, 6.07) is 16.8. The number of hydrogen-bond donors (Lipinski definition) is 2. The molecule has 0 fully saturated rings. The quantitative estimate of drug-likeness (QED) is 0.207.